The summed E-state index contributed by atoms with van der Waals surface area (Å²) in [5.41, 5.74) is -1.91. The predicted octanol–water partition coefficient (Wildman–Crippen LogP) is 5.57. The van der Waals surface area contributed by atoms with Crippen molar-refractivity contribution in [2.75, 3.05) is 39.4 Å². The Morgan fingerprint density at radius 2 is 1.57 bits per heavy atom. The van der Waals surface area contributed by atoms with Gasteiger partial charge in [0.15, 0.2) is 12.1 Å². The molecule has 13 heteroatoms. The molecule has 0 amide bonds. The van der Waals surface area contributed by atoms with Crippen molar-refractivity contribution < 1.29 is 35.8 Å². The molecule has 2 aliphatic heterocycles. The molecule has 0 bridgehead atoms. The Labute approximate surface area is 240 Å². The largest absolute Gasteiger partial charge is 0.416 e. The molecule has 228 valence electrons. The van der Waals surface area contributed by atoms with Gasteiger partial charge in [0.2, 0.25) is 0 Å². The maximum Gasteiger partial charge on any atom is 0.416 e. The van der Waals surface area contributed by atoms with Gasteiger partial charge in [-0.1, -0.05) is 30.3 Å². The van der Waals surface area contributed by atoms with Gasteiger partial charge < -0.3 is 14.4 Å². The van der Waals surface area contributed by atoms with Crippen molar-refractivity contribution in [3.8, 4) is 0 Å². The fourth-order valence-corrected chi connectivity index (χ4v) is 5.43. The van der Waals surface area contributed by atoms with E-state index in [0.29, 0.717) is 25.5 Å². The van der Waals surface area contributed by atoms with Crippen LogP contribution in [-0.2, 0) is 41.3 Å². The average molecular weight is 598 g/mol. The SMILES string of the molecule is FC(F)(F)c1cc(CCOC2OCCN(Cc3ncn(CCN4CCCC4)n3)C2c2ccccc2)cc(C(F)(F)F)c1. The minimum Gasteiger partial charge on any atom is -0.350 e. The van der Waals surface area contributed by atoms with Crippen molar-refractivity contribution in [2.45, 2.75) is 57.0 Å². The van der Waals surface area contributed by atoms with E-state index in [0.717, 1.165) is 43.9 Å². The first-order valence-electron chi connectivity index (χ1n) is 14.0. The highest BCUT2D eigenvalue weighted by molar-refractivity contribution is 5.33. The van der Waals surface area contributed by atoms with Crippen LogP contribution >= 0.6 is 0 Å². The number of benzene rings is 2. The van der Waals surface area contributed by atoms with Crippen LogP contribution in [0.1, 0.15) is 47.0 Å². The van der Waals surface area contributed by atoms with E-state index in [1.807, 2.05) is 35.0 Å². The van der Waals surface area contributed by atoms with Gasteiger partial charge in [-0.2, -0.15) is 31.4 Å². The highest BCUT2D eigenvalue weighted by Gasteiger charge is 2.38. The first-order valence-corrected chi connectivity index (χ1v) is 14.0. The molecule has 3 heterocycles. The van der Waals surface area contributed by atoms with Gasteiger partial charge >= 0.3 is 12.4 Å². The van der Waals surface area contributed by atoms with Gasteiger partial charge in [0.25, 0.3) is 0 Å². The van der Waals surface area contributed by atoms with Crippen LogP contribution in [0.4, 0.5) is 26.3 Å². The van der Waals surface area contributed by atoms with Gasteiger partial charge in [-0.3, -0.25) is 9.58 Å². The van der Waals surface area contributed by atoms with E-state index in [-0.39, 0.29) is 30.7 Å². The second-order valence-corrected chi connectivity index (χ2v) is 10.6. The van der Waals surface area contributed by atoms with E-state index >= 15 is 0 Å². The van der Waals surface area contributed by atoms with Crippen LogP contribution < -0.4 is 0 Å². The molecule has 3 aromatic rings. The molecule has 0 saturated carbocycles. The van der Waals surface area contributed by atoms with Crippen LogP contribution in [0.5, 0.6) is 0 Å². The fourth-order valence-electron chi connectivity index (χ4n) is 5.43. The highest BCUT2D eigenvalue weighted by Crippen LogP contribution is 2.37. The monoisotopic (exact) mass is 597 g/mol. The zero-order valence-corrected chi connectivity index (χ0v) is 22.9. The molecule has 5 rings (SSSR count). The minimum absolute atomic E-state index is 0.121. The van der Waals surface area contributed by atoms with Crippen LogP contribution in [0.3, 0.4) is 0 Å². The predicted molar refractivity (Wildman–Crippen MR) is 141 cm³/mol. The smallest absolute Gasteiger partial charge is 0.350 e. The number of aromatic nitrogens is 3. The summed E-state index contributed by atoms with van der Waals surface area (Å²) in [7, 11) is 0. The highest BCUT2D eigenvalue weighted by atomic mass is 19.4. The van der Waals surface area contributed by atoms with Gasteiger partial charge in [0, 0.05) is 13.1 Å². The van der Waals surface area contributed by atoms with Gasteiger partial charge in [-0.05, 0) is 61.7 Å². The molecule has 7 nitrogen and oxygen atoms in total. The van der Waals surface area contributed by atoms with E-state index < -0.39 is 29.8 Å². The zero-order valence-electron chi connectivity index (χ0n) is 22.9. The molecule has 2 aromatic carbocycles. The summed E-state index contributed by atoms with van der Waals surface area (Å²) < 4.78 is 93.5. The van der Waals surface area contributed by atoms with E-state index in [1.165, 1.54) is 12.8 Å². The number of alkyl halides is 6. The van der Waals surface area contributed by atoms with Crippen molar-refractivity contribution in [1.29, 1.82) is 0 Å². The normalized spacial score (nSPS) is 20.8. The quantitative estimate of drug-likeness (QED) is 0.285. The molecule has 1 aromatic heterocycles. The summed E-state index contributed by atoms with van der Waals surface area (Å²) in [5.74, 6) is 0.640. The lowest BCUT2D eigenvalue weighted by Gasteiger charge is -2.40. The van der Waals surface area contributed by atoms with E-state index in [2.05, 4.69) is 19.9 Å². The number of hydrogen-bond donors (Lipinski definition) is 0. The summed E-state index contributed by atoms with van der Waals surface area (Å²) in [5, 5.41) is 4.65. The van der Waals surface area contributed by atoms with Crippen LogP contribution in [0.15, 0.2) is 54.9 Å². The molecule has 0 radical (unpaired) electrons. The maximum atomic E-state index is 13.3. The van der Waals surface area contributed by atoms with Gasteiger partial charge in [0.1, 0.15) is 6.33 Å². The first-order chi connectivity index (χ1) is 20.1. The van der Waals surface area contributed by atoms with E-state index in [9.17, 15) is 26.3 Å². The van der Waals surface area contributed by atoms with Crippen LogP contribution in [0, 0.1) is 0 Å². The second kappa shape index (κ2) is 13.1. The summed E-state index contributed by atoms with van der Waals surface area (Å²) >= 11 is 0. The lowest BCUT2D eigenvalue weighted by atomic mass is 10.0. The number of likely N-dealkylation sites (tertiary alicyclic amines) is 1. The van der Waals surface area contributed by atoms with Crippen molar-refractivity contribution in [3.63, 3.8) is 0 Å². The average Bonchev–Trinajstić information content (AvgIpc) is 3.64. The minimum atomic E-state index is -4.91. The number of nitrogens with zero attached hydrogens (tertiary/aromatic N) is 5. The van der Waals surface area contributed by atoms with E-state index in [1.54, 1.807) is 6.33 Å². The topological polar surface area (TPSA) is 55.7 Å². The van der Waals surface area contributed by atoms with Gasteiger partial charge in [-0.15, -0.1) is 0 Å². The molecule has 0 N–H and O–H groups in total. The number of morpholine rings is 1. The molecule has 0 spiro atoms. The lowest BCUT2D eigenvalue weighted by molar-refractivity contribution is -0.212. The standard InChI is InChI=1S/C29H33F6N5O2/c30-28(31,32)23-16-21(17-24(18-23)29(33,34)35)8-14-41-27-26(22-6-2-1-3-7-22)39(13-15-42-27)19-25-36-20-40(37-25)12-11-38-9-4-5-10-38/h1-3,6-7,16-18,20,26-27H,4-5,8-15,19H2. The van der Waals surface area contributed by atoms with Crippen molar-refractivity contribution in [1.82, 2.24) is 24.6 Å². The summed E-state index contributed by atoms with van der Waals surface area (Å²) in [4.78, 5) is 9.02. The molecule has 42 heavy (non-hydrogen) atoms. The number of halogens is 6. The van der Waals surface area contributed by atoms with E-state index in [4.69, 9.17) is 9.47 Å². The Hall–Kier alpha value is -3.00. The molecule has 2 atom stereocenters. The maximum absolute atomic E-state index is 13.3. The lowest BCUT2D eigenvalue weighted by Crippen LogP contribution is -2.46. The molecule has 2 saturated heterocycles. The third-order valence-corrected chi connectivity index (χ3v) is 7.55. The van der Waals surface area contributed by atoms with Crippen molar-refractivity contribution in [2.24, 2.45) is 0 Å². The fraction of sp³-hybridized carbons (Fsp3) is 0.517. The molecule has 0 aliphatic carbocycles. The Kier molecular flexibility index (Phi) is 9.50. The van der Waals surface area contributed by atoms with Gasteiger partial charge in [0.05, 0.1) is 43.5 Å². The number of rotatable bonds is 10. The Balaban J connectivity index is 1.27. The van der Waals surface area contributed by atoms with Crippen LogP contribution in [0.2, 0.25) is 0 Å². The first kappa shape index (κ1) is 30.5. The molecular weight excluding hydrogens is 564 g/mol. The van der Waals surface area contributed by atoms with Crippen molar-refractivity contribution >= 4 is 0 Å². The van der Waals surface area contributed by atoms with Crippen LogP contribution in [0.25, 0.3) is 0 Å². The van der Waals surface area contributed by atoms with Crippen molar-refractivity contribution in [3.05, 3.63) is 82.9 Å². The Morgan fingerprint density at radius 3 is 2.24 bits per heavy atom. The number of hydrogen-bond acceptors (Lipinski definition) is 6. The molecule has 2 fully saturated rings. The molecule has 2 aliphatic rings. The Morgan fingerprint density at radius 1 is 0.881 bits per heavy atom. The summed E-state index contributed by atoms with van der Waals surface area (Å²) in [6, 6.07) is 10.7. The summed E-state index contributed by atoms with van der Waals surface area (Å²) in [6.45, 7) is 5.04. The second-order valence-electron chi connectivity index (χ2n) is 10.6. The number of ether oxygens (including phenoxy) is 2. The van der Waals surface area contributed by atoms with Crippen LogP contribution in [-0.4, -0.2) is 70.2 Å². The molecule has 2 unspecified atom stereocenters. The Bertz CT molecular complexity index is 1260. The third-order valence-electron chi connectivity index (χ3n) is 7.55. The summed E-state index contributed by atoms with van der Waals surface area (Å²) in [6.07, 6.45) is -6.60. The third kappa shape index (κ3) is 7.88. The zero-order chi connectivity index (χ0) is 29.7. The van der Waals surface area contributed by atoms with Gasteiger partial charge in [-0.25, -0.2) is 4.98 Å². The molecular formula is C29H33F6N5O2.